The summed E-state index contributed by atoms with van der Waals surface area (Å²) in [6.45, 7) is 0.445. The summed E-state index contributed by atoms with van der Waals surface area (Å²) < 4.78 is 28.2. The summed E-state index contributed by atoms with van der Waals surface area (Å²) in [6.07, 6.45) is 0.581. The first-order chi connectivity index (χ1) is 11.9. The van der Waals surface area contributed by atoms with Gasteiger partial charge in [-0.15, -0.1) is 0 Å². The molecule has 1 aliphatic heterocycles. The van der Waals surface area contributed by atoms with Crippen LogP contribution < -0.4 is 10.1 Å². The van der Waals surface area contributed by atoms with Crippen molar-refractivity contribution < 1.29 is 17.9 Å². The second-order valence-electron chi connectivity index (χ2n) is 6.32. The summed E-state index contributed by atoms with van der Waals surface area (Å²) in [5, 5.41) is 2.81. The Morgan fingerprint density at radius 1 is 1.48 bits per heavy atom. The zero-order valence-electron chi connectivity index (χ0n) is 14.3. The average Bonchev–Trinajstić information content (AvgIpc) is 3.14. The molecule has 1 saturated heterocycles. The van der Waals surface area contributed by atoms with Gasteiger partial charge in [0.1, 0.15) is 11.6 Å². The Balaban J connectivity index is 1.53. The van der Waals surface area contributed by atoms with Gasteiger partial charge in [0.15, 0.2) is 9.84 Å². The zero-order chi connectivity index (χ0) is 18.0. The van der Waals surface area contributed by atoms with E-state index in [-0.39, 0.29) is 36.5 Å². The molecule has 8 nitrogen and oxygen atoms in total. The van der Waals surface area contributed by atoms with E-state index in [9.17, 15) is 13.2 Å². The number of aromatic nitrogens is 2. The van der Waals surface area contributed by atoms with Gasteiger partial charge in [-0.25, -0.2) is 13.4 Å². The number of likely N-dealkylation sites (N-methyl/N-ethyl adjacent to an activating group) is 1. The summed E-state index contributed by atoms with van der Waals surface area (Å²) in [6, 6.07) is 5.44. The third-order valence-corrected chi connectivity index (χ3v) is 6.17. The van der Waals surface area contributed by atoms with E-state index in [0.29, 0.717) is 12.2 Å². The molecule has 9 heteroatoms. The Labute approximate surface area is 146 Å². The topological polar surface area (TPSA) is 104 Å². The van der Waals surface area contributed by atoms with Gasteiger partial charge in [-0.05, 0) is 25.6 Å². The first-order valence-corrected chi connectivity index (χ1v) is 9.88. The van der Waals surface area contributed by atoms with Crippen molar-refractivity contribution in [3.8, 4) is 5.75 Å². The number of methoxy groups -OCH3 is 1. The predicted molar refractivity (Wildman–Crippen MR) is 94.2 cm³/mol. The van der Waals surface area contributed by atoms with Crippen molar-refractivity contribution in [2.45, 2.75) is 19.0 Å². The van der Waals surface area contributed by atoms with Crippen molar-refractivity contribution in [1.82, 2.24) is 20.2 Å². The molecule has 2 heterocycles. The number of aromatic amines is 1. The Morgan fingerprint density at radius 3 is 2.96 bits per heavy atom. The highest BCUT2D eigenvalue weighted by atomic mass is 32.2. The maximum atomic E-state index is 12.1. The normalized spacial score (nSPS) is 19.4. The fourth-order valence-corrected chi connectivity index (χ4v) is 4.77. The van der Waals surface area contributed by atoms with E-state index in [4.69, 9.17) is 4.74 Å². The molecule has 0 radical (unpaired) electrons. The quantitative estimate of drug-likeness (QED) is 0.762. The molecular weight excluding hydrogens is 344 g/mol. The smallest absolute Gasteiger partial charge is 0.234 e. The van der Waals surface area contributed by atoms with Crippen molar-refractivity contribution in [2.75, 3.05) is 32.2 Å². The Bertz CT molecular complexity index is 877. The van der Waals surface area contributed by atoms with Crippen LogP contribution in [0.25, 0.3) is 11.0 Å². The van der Waals surface area contributed by atoms with Crippen molar-refractivity contribution in [3.05, 3.63) is 24.0 Å². The van der Waals surface area contributed by atoms with Crippen LogP contribution >= 0.6 is 0 Å². The first-order valence-electron chi connectivity index (χ1n) is 8.06. The Kier molecular flexibility index (Phi) is 4.96. The maximum absolute atomic E-state index is 12.1. The molecule has 1 amide bonds. The molecule has 136 valence electrons. The lowest BCUT2D eigenvalue weighted by atomic mass is 10.2. The number of benzene rings is 1. The van der Waals surface area contributed by atoms with Gasteiger partial charge in [-0.1, -0.05) is 0 Å². The molecule has 1 atom stereocenters. The number of H-pyrrole nitrogens is 1. The molecule has 1 aromatic heterocycles. The second kappa shape index (κ2) is 7.01. The number of imidazole rings is 1. The van der Waals surface area contributed by atoms with Crippen molar-refractivity contribution in [2.24, 2.45) is 0 Å². The van der Waals surface area contributed by atoms with Gasteiger partial charge in [-0.2, -0.15) is 0 Å². The lowest BCUT2D eigenvalue weighted by molar-refractivity contribution is -0.122. The van der Waals surface area contributed by atoms with Gasteiger partial charge in [-0.3, -0.25) is 9.69 Å². The highest BCUT2D eigenvalue weighted by Crippen LogP contribution is 2.19. The van der Waals surface area contributed by atoms with E-state index < -0.39 is 9.84 Å². The summed E-state index contributed by atoms with van der Waals surface area (Å²) in [5.74, 6) is 1.56. The molecule has 0 aliphatic carbocycles. The van der Waals surface area contributed by atoms with E-state index in [2.05, 4.69) is 15.3 Å². The summed E-state index contributed by atoms with van der Waals surface area (Å²) in [4.78, 5) is 21.5. The maximum Gasteiger partial charge on any atom is 0.234 e. The van der Waals surface area contributed by atoms with E-state index in [1.165, 1.54) is 0 Å². The molecule has 1 fully saturated rings. The lowest BCUT2D eigenvalue weighted by Crippen LogP contribution is -2.41. The Hall–Kier alpha value is -2.13. The van der Waals surface area contributed by atoms with E-state index in [1.54, 1.807) is 19.1 Å². The van der Waals surface area contributed by atoms with Crippen LogP contribution in [0.1, 0.15) is 12.2 Å². The number of carbonyl (C=O) groups is 1. The lowest BCUT2D eigenvalue weighted by Gasteiger charge is -2.22. The SMILES string of the molecule is COc1ccc2nc(CNC(=O)CN(C)[C@H]3CCS(=O)(=O)C3)[nH]c2c1. The molecule has 0 spiro atoms. The molecule has 1 aliphatic rings. The number of hydrogen-bond donors (Lipinski definition) is 2. The standard InChI is InChI=1S/C16H22N4O4S/c1-20(11-5-6-25(22,23)10-11)9-16(21)17-8-15-18-13-4-3-12(24-2)7-14(13)19-15/h3-4,7,11H,5-6,8-10H2,1-2H3,(H,17,21)(H,18,19)/t11-/m0/s1. The summed E-state index contributed by atoms with van der Waals surface area (Å²) in [7, 11) is 0.428. The summed E-state index contributed by atoms with van der Waals surface area (Å²) >= 11 is 0. The number of carbonyl (C=O) groups excluding carboxylic acids is 1. The molecule has 0 bridgehead atoms. The first kappa shape index (κ1) is 17.7. The largest absolute Gasteiger partial charge is 0.497 e. The van der Waals surface area contributed by atoms with Crippen LogP contribution in [-0.4, -0.2) is 67.4 Å². The van der Waals surface area contributed by atoms with Crippen LogP contribution in [0.4, 0.5) is 0 Å². The minimum atomic E-state index is -2.95. The fraction of sp³-hybridized carbons (Fsp3) is 0.500. The van der Waals surface area contributed by atoms with Gasteiger partial charge in [0, 0.05) is 12.1 Å². The number of sulfone groups is 1. The van der Waals surface area contributed by atoms with E-state index in [0.717, 1.165) is 16.8 Å². The van der Waals surface area contributed by atoms with Crippen LogP contribution in [0.5, 0.6) is 5.75 Å². The molecule has 3 rings (SSSR count). The number of amides is 1. The zero-order valence-corrected chi connectivity index (χ0v) is 15.1. The third kappa shape index (κ3) is 4.29. The van der Waals surface area contributed by atoms with Crippen LogP contribution in [-0.2, 0) is 21.2 Å². The fourth-order valence-electron chi connectivity index (χ4n) is 2.97. The Morgan fingerprint density at radius 2 is 2.28 bits per heavy atom. The highest BCUT2D eigenvalue weighted by Gasteiger charge is 2.31. The van der Waals surface area contributed by atoms with Crippen LogP contribution in [0, 0.1) is 0 Å². The van der Waals surface area contributed by atoms with E-state index >= 15 is 0 Å². The predicted octanol–water partition coefficient (Wildman–Crippen LogP) is 0.307. The number of fused-ring (bicyclic) bond motifs is 1. The van der Waals surface area contributed by atoms with Crippen LogP contribution in [0.2, 0.25) is 0 Å². The number of rotatable bonds is 6. The number of ether oxygens (including phenoxy) is 1. The average molecular weight is 366 g/mol. The highest BCUT2D eigenvalue weighted by molar-refractivity contribution is 7.91. The van der Waals surface area contributed by atoms with Gasteiger partial charge < -0.3 is 15.0 Å². The minimum absolute atomic E-state index is 0.0885. The summed E-state index contributed by atoms with van der Waals surface area (Å²) in [5.41, 5.74) is 1.65. The van der Waals surface area contributed by atoms with Crippen LogP contribution in [0.15, 0.2) is 18.2 Å². The molecule has 0 unspecified atom stereocenters. The molecule has 25 heavy (non-hydrogen) atoms. The number of hydrogen-bond acceptors (Lipinski definition) is 6. The third-order valence-electron chi connectivity index (χ3n) is 4.42. The molecule has 1 aromatic carbocycles. The molecule has 2 N–H and O–H groups in total. The molecule has 2 aromatic rings. The van der Waals surface area contributed by atoms with Crippen molar-refractivity contribution in [3.63, 3.8) is 0 Å². The molecule has 0 saturated carbocycles. The van der Waals surface area contributed by atoms with Crippen molar-refractivity contribution in [1.29, 1.82) is 0 Å². The van der Waals surface area contributed by atoms with Crippen molar-refractivity contribution >= 4 is 26.8 Å². The monoisotopic (exact) mass is 366 g/mol. The second-order valence-corrected chi connectivity index (χ2v) is 8.54. The van der Waals surface area contributed by atoms with Gasteiger partial charge in [0.25, 0.3) is 0 Å². The molecular formula is C16H22N4O4S. The number of nitrogens with zero attached hydrogens (tertiary/aromatic N) is 2. The van der Waals surface area contributed by atoms with Gasteiger partial charge in [0.2, 0.25) is 5.91 Å². The minimum Gasteiger partial charge on any atom is -0.497 e. The van der Waals surface area contributed by atoms with E-state index in [1.807, 2.05) is 18.2 Å². The van der Waals surface area contributed by atoms with Gasteiger partial charge in [0.05, 0.1) is 42.7 Å². The van der Waals surface area contributed by atoms with Gasteiger partial charge >= 0.3 is 0 Å². The number of nitrogens with one attached hydrogen (secondary N) is 2. The van der Waals surface area contributed by atoms with Crippen LogP contribution in [0.3, 0.4) is 0 Å².